The molecule has 1 atom stereocenters. The minimum absolute atomic E-state index is 0. The van der Waals surface area contributed by atoms with Gasteiger partial charge in [0.25, 0.3) is 5.91 Å². The first-order valence-electron chi connectivity index (χ1n) is 11.2. The van der Waals surface area contributed by atoms with Crippen LogP contribution >= 0.6 is 25.1 Å². The Morgan fingerprint density at radius 3 is 2.37 bits per heavy atom. The van der Waals surface area contributed by atoms with Gasteiger partial charge in [-0.1, -0.05) is 11.6 Å². The molecule has 3 aromatic rings. The van der Waals surface area contributed by atoms with Crippen LogP contribution in [0.5, 0.6) is 0 Å². The highest BCUT2D eigenvalue weighted by molar-refractivity contribution is 7.59. The van der Waals surface area contributed by atoms with E-state index < -0.39 is 29.0 Å². The molecule has 0 unspecified atom stereocenters. The van der Waals surface area contributed by atoms with Crippen molar-refractivity contribution in [2.24, 2.45) is 0 Å². The number of anilines is 2. The maximum atomic E-state index is 13.3. The number of ether oxygens (including phenoxy) is 1. The molecule has 2 aromatic heterocycles. The van der Waals surface area contributed by atoms with Gasteiger partial charge >= 0.3 is 12.5 Å². The first-order valence-corrected chi connectivity index (χ1v) is 11.6. The molecule has 41 heavy (non-hydrogen) atoms. The lowest BCUT2D eigenvalue weighted by molar-refractivity contribution is -0.351. The van der Waals surface area contributed by atoms with Crippen LogP contribution in [0.4, 0.5) is 37.8 Å². The van der Waals surface area contributed by atoms with Crippen molar-refractivity contribution in [1.29, 1.82) is 0 Å². The van der Waals surface area contributed by atoms with Gasteiger partial charge < -0.3 is 15.4 Å². The lowest BCUT2D eigenvalue weighted by Gasteiger charge is -2.32. The normalized spacial score (nSPS) is 14.8. The molecule has 0 bridgehead atoms. The number of amides is 1. The van der Waals surface area contributed by atoms with Crippen LogP contribution in [0.25, 0.3) is 0 Å². The Morgan fingerprint density at radius 2 is 1.85 bits per heavy atom. The summed E-state index contributed by atoms with van der Waals surface area (Å²) in [4.78, 5) is 40.3. The summed E-state index contributed by atoms with van der Waals surface area (Å²) in [5.74, 6) is -0.420. The topological polar surface area (TPSA) is 124 Å². The summed E-state index contributed by atoms with van der Waals surface area (Å²) >= 11 is 5.85. The number of ketones is 1. The number of rotatable bonds is 5. The number of nitrogen functional groups attached to an aromatic ring is 1. The molecule has 0 saturated heterocycles. The van der Waals surface area contributed by atoms with Crippen LogP contribution in [0.2, 0.25) is 5.02 Å². The Labute approximate surface area is 240 Å². The van der Waals surface area contributed by atoms with Crippen LogP contribution in [0.15, 0.2) is 36.7 Å². The fraction of sp³-hybridized carbons (Fsp3) is 0.292. The third-order valence-electron chi connectivity index (χ3n) is 5.72. The molecular weight excluding hydrogens is 604 g/mol. The first kappa shape index (κ1) is 33.4. The highest BCUT2D eigenvalue weighted by Crippen LogP contribution is 2.38. The second kappa shape index (κ2) is 12.8. The van der Waals surface area contributed by atoms with Crippen LogP contribution in [0, 0.1) is 6.92 Å². The molecule has 1 aliphatic heterocycles. The molecule has 3 heterocycles. The highest BCUT2D eigenvalue weighted by Gasteiger charge is 2.36. The van der Waals surface area contributed by atoms with E-state index in [4.69, 9.17) is 22.1 Å². The Balaban J connectivity index is 0.000000655. The lowest BCUT2D eigenvalue weighted by Crippen LogP contribution is -2.43. The van der Waals surface area contributed by atoms with Gasteiger partial charge in [-0.2, -0.15) is 31.8 Å². The van der Waals surface area contributed by atoms with E-state index in [2.05, 4.69) is 10.1 Å². The third-order valence-corrected chi connectivity index (χ3v) is 6.03. The Hall–Kier alpha value is -3.79. The fourth-order valence-electron chi connectivity index (χ4n) is 3.84. The summed E-state index contributed by atoms with van der Waals surface area (Å²) in [5, 5.41) is 3.77. The number of nitrogens with zero attached hydrogens (tertiary/aromatic N) is 4. The minimum Gasteiger partial charge on any atom is -0.640 e. The molecule has 0 spiro atoms. The predicted octanol–water partition coefficient (Wildman–Crippen LogP) is 4.70. The second-order valence-corrected chi connectivity index (χ2v) is 8.99. The van der Waals surface area contributed by atoms with Gasteiger partial charge in [-0.25, -0.2) is 9.78 Å². The molecule has 9 nitrogen and oxygen atoms in total. The van der Waals surface area contributed by atoms with Crippen molar-refractivity contribution in [2.75, 3.05) is 17.2 Å². The van der Waals surface area contributed by atoms with E-state index in [-0.39, 0.29) is 49.7 Å². The SMILES string of the molecule is Cc1cc(C(=O)Cc2cnn3c2C(=O)N(c2ccc(C(F)(F)F)c(Cl)c2)C[C@@H]3C)cnc1N.O=[C-][OH+]C(F)(F)F.S. The van der Waals surface area contributed by atoms with Gasteiger partial charge in [-0.05, 0) is 43.7 Å². The van der Waals surface area contributed by atoms with E-state index in [9.17, 15) is 35.9 Å². The Bertz CT molecular complexity index is 1450. The van der Waals surface area contributed by atoms with Gasteiger partial charge in [0, 0.05) is 36.0 Å². The molecule has 1 aromatic carbocycles. The maximum Gasteiger partial charge on any atom is 0.591 e. The van der Waals surface area contributed by atoms with Crippen molar-refractivity contribution in [1.82, 2.24) is 14.8 Å². The van der Waals surface area contributed by atoms with Gasteiger partial charge in [0.1, 0.15) is 11.5 Å². The summed E-state index contributed by atoms with van der Waals surface area (Å²) in [6.45, 7) is 4.10. The molecular formula is C24H22ClF6N5O4S. The van der Waals surface area contributed by atoms with Crippen LogP contribution in [0.1, 0.15) is 50.5 Å². The number of hydrogen-bond donors (Lipinski definition) is 1. The molecule has 3 N–H and O–H groups in total. The molecule has 17 heteroatoms. The average molecular weight is 626 g/mol. The molecule has 4 rings (SSSR count). The number of pyridine rings is 1. The minimum atomic E-state index is -4.75. The molecule has 0 aliphatic carbocycles. The van der Waals surface area contributed by atoms with Gasteiger partial charge in [0.05, 0.1) is 22.8 Å². The zero-order valence-electron chi connectivity index (χ0n) is 21.1. The van der Waals surface area contributed by atoms with Gasteiger partial charge in [0.2, 0.25) is 6.47 Å². The van der Waals surface area contributed by atoms with Crippen molar-refractivity contribution in [3.8, 4) is 0 Å². The summed E-state index contributed by atoms with van der Waals surface area (Å²) in [6, 6.07) is 4.53. The van der Waals surface area contributed by atoms with Crippen molar-refractivity contribution in [2.45, 2.75) is 38.8 Å². The van der Waals surface area contributed by atoms with Crippen molar-refractivity contribution in [3.63, 3.8) is 0 Å². The van der Waals surface area contributed by atoms with Crippen molar-refractivity contribution < 1.29 is 45.5 Å². The van der Waals surface area contributed by atoms with Crippen LogP contribution in [0.3, 0.4) is 0 Å². The zero-order valence-corrected chi connectivity index (χ0v) is 22.9. The number of alkyl halides is 6. The Kier molecular flexibility index (Phi) is 10.4. The summed E-state index contributed by atoms with van der Waals surface area (Å²) < 4.78 is 74.0. The number of aromatic nitrogens is 3. The highest BCUT2D eigenvalue weighted by atomic mass is 35.5. The summed E-state index contributed by atoms with van der Waals surface area (Å²) in [5.41, 5.74) is 6.59. The largest absolute Gasteiger partial charge is 0.640 e. The van der Waals surface area contributed by atoms with E-state index in [1.54, 1.807) is 13.0 Å². The lowest BCUT2D eigenvalue weighted by atomic mass is 10.0. The second-order valence-electron chi connectivity index (χ2n) is 8.59. The zero-order chi connectivity index (χ0) is 30.0. The van der Waals surface area contributed by atoms with Crippen molar-refractivity contribution >= 4 is 54.8 Å². The monoisotopic (exact) mass is 625 g/mol. The number of aryl methyl sites for hydroxylation is 1. The number of nitrogens with two attached hydrogens (primary N) is 1. The van der Waals surface area contributed by atoms with E-state index in [1.165, 1.54) is 32.8 Å². The van der Waals surface area contributed by atoms with Gasteiger partial charge in [-0.3, -0.25) is 14.3 Å². The number of hydrogen-bond acceptors (Lipinski definition) is 6. The third kappa shape index (κ3) is 7.91. The van der Waals surface area contributed by atoms with Crippen molar-refractivity contribution in [3.05, 3.63) is 69.6 Å². The Morgan fingerprint density at radius 1 is 1.20 bits per heavy atom. The smallest absolute Gasteiger partial charge is 0.591 e. The van der Waals surface area contributed by atoms with E-state index >= 15 is 0 Å². The molecule has 0 fully saturated rings. The molecule has 0 saturated carbocycles. The number of benzene rings is 1. The van der Waals surface area contributed by atoms with Crippen LogP contribution in [-0.4, -0.2) is 50.6 Å². The molecule has 0 radical (unpaired) electrons. The number of carbonyl (C=O) groups is 2. The first-order chi connectivity index (χ1) is 18.5. The maximum absolute atomic E-state index is 13.3. The van der Waals surface area contributed by atoms with Gasteiger partial charge in [0.15, 0.2) is 5.78 Å². The average Bonchev–Trinajstić information content (AvgIpc) is 3.26. The van der Waals surface area contributed by atoms with E-state index in [0.29, 0.717) is 29.0 Å². The number of fused-ring (bicyclic) bond motifs is 1. The number of Topliss-reactive ketones (excluding diaryl/α,β-unsaturated/α-hetero) is 1. The number of carbonyl (C=O) groups excluding carboxylic acids is 2. The summed E-state index contributed by atoms with van der Waals surface area (Å²) in [7, 11) is 0. The van der Waals surface area contributed by atoms with E-state index in [1.807, 2.05) is 6.92 Å². The number of aliphatic hydroxyl groups is 1. The van der Waals surface area contributed by atoms with E-state index in [0.717, 1.165) is 12.1 Å². The predicted molar refractivity (Wildman–Crippen MR) is 141 cm³/mol. The molecule has 1 amide bonds. The van der Waals surface area contributed by atoms with Crippen LogP contribution in [-0.2, 0) is 17.4 Å². The summed E-state index contributed by atoms with van der Waals surface area (Å²) in [6.07, 6.45) is -6.61. The van der Waals surface area contributed by atoms with Gasteiger partial charge in [-0.15, -0.1) is 13.2 Å². The quantitative estimate of drug-likeness (QED) is 0.190. The number of halogens is 7. The fourth-order valence-corrected chi connectivity index (χ4v) is 4.12. The van der Waals surface area contributed by atoms with Crippen LogP contribution < -0.4 is 10.6 Å². The molecule has 222 valence electrons. The molecule has 1 aliphatic rings. The standard InChI is InChI=1S/C22H19ClF3N5O2.C2HF3O2.H2S/c1-11-5-13(8-28-20(11)27)18(32)6-14-9-29-31-12(2)10-30(21(33)19(14)31)15-3-4-16(17(23)7-15)22(24,25)26;3-2(4,5)7-1-6;/h3-5,7-9,12H,6,10H2,1-2H3,(H2,27,28);7H;1H2/t12-;;/m0../s1.